The van der Waals surface area contributed by atoms with Crippen molar-refractivity contribution in [1.29, 1.82) is 0 Å². The molecule has 2 aromatic heterocycles. The number of halogens is 2. The van der Waals surface area contributed by atoms with E-state index >= 15 is 0 Å². The Morgan fingerprint density at radius 1 is 1.35 bits per heavy atom. The lowest BCUT2D eigenvalue weighted by atomic mass is 9.96. The van der Waals surface area contributed by atoms with Gasteiger partial charge in [-0.25, -0.2) is 18.7 Å². The third-order valence-corrected chi connectivity index (χ3v) is 8.53. The van der Waals surface area contributed by atoms with Gasteiger partial charge in [-0.15, -0.1) is 0 Å². The number of hydrogen-bond donors (Lipinski definition) is 1. The van der Waals surface area contributed by atoms with Crippen molar-refractivity contribution in [3.63, 3.8) is 0 Å². The number of nitrogens with zero attached hydrogens (tertiary/aromatic N) is 4. The quantitative estimate of drug-likeness (QED) is 0.305. The third kappa shape index (κ3) is 4.66. The molecule has 0 unspecified atom stereocenters. The highest BCUT2D eigenvalue weighted by Crippen LogP contribution is 2.58. The van der Waals surface area contributed by atoms with Crippen molar-refractivity contribution in [3.8, 4) is 5.88 Å². The zero-order valence-corrected chi connectivity index (χ0v) is 22.8. The van der Waals surface area contributed by atoms with Crippen molar-refractivity contribution in [2.45, 2.75) is 50.4 Å². The fourth-order valence-electron chi connectivity index (χ4n) is 4.96. The standard InChI is InChI=1S/C23H24ClFN5O9P/c1-3-33-19-16-18(28-21(26)29-19)30(10-27-16)20-23(2)17(37-22(31)38-23)15(36-20)9-35-40(32)34-7-6-14(39-40)11-4-5-13(25)12(24)8-11/h4-5,8,10,14-15,17,20H,3,6-7,9H2,1-2H3,(H2,26,28,29)/t14-,15+,17+,20+,23+,40+/m0/s1. The smallest absolute Gasteiger partial charge is 0.476 e. The second-order valence-electron chi connectivity index (χ2n) is 9.38. The van der Waals surface area contributed by atoms with Gasteiger partial charge >= 0.3 is 14.0 Å². The van der Waals surface area contributed by atoms with E-state index in [4.69, 9.17) is 49.9 Å². The van der Waals surface area contributed by atoms with E-state index < -0.39 is 49.9 Å². The maximum Gasteiger partial charge on any atom is 0.509 e. The van der Waals surface area contributed by atoms with Gasteiger partial charge in [0, 0.05) is 6.42 Å². The Bertz CT molecular complexity index is 1530. The van der Waals surface area contributed by atoms with Gasteiger partial charge in [0.2, 0.25) is 11.8 Å². The molecule has 14 nitrogen and oxygen atoms in total. The molecular formula is C23H24ClFN5O9P. The van der Waals surface area contributed by atoms with E-state index in [2.05, 4.69) is 15.0 Å². The zero-order valence-electron chi connectivity index (χ0n) is 21.2. The number of ether oxygens (including phenoxy) is 4. The normalized spacial score (nSPS) is 31.6. The van der Waals surface area contributed by atoms with Crippen LogP contribution in [0.5, 0.6) is 5.88 Å². The Kier molecular flexibility index (Phi) is 6.84. The van der Waals surface area contributed by atoms with Crippen LogP contribution in [0.2, 0.25) is 5.02 Å². The molecule has 0 spiro atoms. The summed E-state index contributed by atoms with van der Waals surface area (Å²) in [5.74, 6) is -0.460. The van der Waals surface area contributed by atoms with Gasteiger partial charge in [0.25, 0.3) is 0 Å². The van der Waals surface area contributed by atoms with E-state index in [1.807, 2.05) is 0 Å². The van der Waals surface area contributed by atoms with Crippen LogP contribution in [0, 0.1) is 5.82 Å². The number of imidazole rings is 1. The Labute approximate surface area is 231 Å². The van der Waals surface area contributed by atoms with Gasteiger partial charge in [0.1, 0.15) is 11.9 Å². The van der Waals surface area contributed by atoms with Crippen LogP contribution in [0.3, 0.4) is 0 Å². The summed E-state index contributed by atoms with van der Waals surface area (Å²) >= 11 is 5.89. The molecule has 0 radical (unpaired) electrons. The first-order valence-electron chi connectivity index (χ1n) is 12.3. The molecule has 6 rings (SSSR count). The minimum Gasteiger partial charge on any atom is -0.476 e. The maximum atomic E-state index is 13.6. The number of fused-ring (bicyclic) bond motifs is 2. The summed E-state index contributed by atoms with van der Waals surface area (Å²) in [6.07, 6.45) is -2.77. The summed E-state index contributed by atoms with van der Waals surface area (Å²) in [4.78, 5) is 24.9. The number of aromatic nitrogens is 4. The van der Waals surface area contributed by atoms with Crippen molar-refractivity contribution in [2.75, 3.05) is 25.6 Å². The predicted molar refractivity (Wildman–Crippen MR) is 134 cm³/mol. The van der Waals surface area contributed by atoms with Crippen LogP contribution in [-0.4, -0.2) is 63.3 Å². The lowest BCUT2D eigenvalue weighted by Gasteiger charge is -2.30. The summed E-state index contributed by atoms with van der Waals surface area (Å²) in [5.41, 5.74) is 5.65. The van der Waals surface area contributed by atoms with Crippen LogP contribution in [-0.2, 0) is 32.3 Å². The van der Waals surface area contributed by atoms with Gasteiger partial charge in [-0.1, -0.05) is 17.7 Å². The average molecular weight is 600 g/mol. The molecule has 40 heavy (non-hydrogen) atoms. The van der Waals surface area contributed by atoms with E-state index in [1.165, 1.54) is 29.1 Å². The highest BCUT2D eigenvalue weighted by Gasteiger charge is 2.64. The topological polar surface area (TPSA) is 168 Å². The number of carbonyl (C=O) groups is 1. The van der Waals surface area contributed by atoms with Crippen molar-refractivity contribution < 1.29 is 46.3 Å². The average Bonchev–Trinajstić information content (AvgIpc) is 3.53. The zero-order chi connectivity index (χ0) is 28.2. The van der Waals surface area contributed by atoms with Crippen LogP contribution in [0.4, 0.5) is 15.1 Å². The van der Waals surface area contributed by atoms with Gasteiger partial charge < -0.3 is 24.7 Å². The SMILES string of the molecule is CCOc1nc(N)nc2c1ncn2[C@@H]1O[C@H](CO[P@@]2(=O)OCC[C@@H](c3ccc(F)c(Cl)c3)O2)[C@H]2OC(=O)O[C@]21C. The molecule has 0 saturated carbocycles. The Hall–Kier alpha value is -3.07. The molecule has 1 aromatic carbocycles. The van der Waals surface area contributed by atoms with E-state index in [-0.39, 0.29) is 35.7 Å². The van der Waals surface area contributed by atoms with Crippen molar-refractivity contribution in [1.82, 2.24) is 19.5 Å². The number of phosphoric acid groups is 1. The summed E-state index contributed by atoms with van der Waals surface area (Å²) in [5, 5.41) is -0.0940. The largest absolute Gasteiger partial charge is 0.509 e. The van der Waals surface area contributed by atoms with Crippen molar-refractivity contribution >= 4 is 42.7 Å². The monoisotopic (exact) mass is 599 g/mol. The van der Waals surface area contributed by atoms with Crippen molar-refractivity contribution in [2.24, 2.45) is 0 Å². The molecule has 214 valence electrons. The fraction of sp³-hybridized carbons (Fsp3) is 0.478. The molecule has 3 saturated heterocycles. The highest BCUT2D eigenvalue weighted by atomic mass is 35.5. The van der Waals surface area contributed by atoms with Gasteiger partial charge in [0.05, 0.1) is 37.3 Å². The molecule has 3 aromatic rings. The number of hydrogen-bond acceptors (Lipinski definition) is 13. The summed E-state index contributed by atoms with van der Waals surface area (Å²) < 4.78 is 67.8. The number of nitrogen functional groups attached to an aromatic ring is 1. The second-order valence-corrected chi connectivity index (χ2v) is 11.4. The molecule has 0 amide bonds. The molecule has 3 fully saturated rings. The first-order valence-corrected chi connectivity index (χ1v) is 14.1. The minimum absolute atomic E-state index is 0.0502. The van der Waals surface area contributed by atoms with Crippen molar-refractivity contribution in [3.05, 3.63) is 40.9 Å². The molecule has 6 atom stereocenters. The van der Waals surface area contributed by atoms with Crippen LogP contribution in [0.25, 0.3) is 11.2 Å². The number of phosphoric ester groups is 1. The van der Waals surface area contributed by atoms with E-state index in [9.17, 15) is 13.8 Å². The lowest BCUT2D eigenvalue weighted by molar-refractivity contribution is -0.0925. The van der Waals surface area contributed by atoms with Gasteiger partial charge in [-0.05, 0) is 31.5 Å². The van der Waals surface area contributed by atoms with E-state index in [1.54, 1.807) is 13.8 Å². The van der Waals surface area contributed by atoms with E-state index in [0.717, 1.165) is 0 Å². The Balaban J connectivity index is 1.24. The maximum absolute atomic E-state index is 13.6. The number of anilines is 1. The first kappa shape index (κ1) is 27.1. The molecule has 2 N–H and O–H groups in total. The fourth-order valence-corrected chi connectivity index (χ4v) is 6.54. The summed E-state index contributed by atoms with van der Waals surface area (Å²) in [7, 11) is -4.10. The molecule has 0 aliphatic carbocycles. The molecule has 5 heterocycles. The van der Waals surface area contributed by atoms with Crippen LogP contribution in [0.15, 0.2) is 24.5 Å². The number of rotatable bonds is 7. The van der Waals surface area contributed by atoms with E-state index in [0.29, 0.717) is 24.1 Å². The van der Waals surface area contributed by atoms with Crippen LogP contribution < -0.4 is 10.5 Å². The van der Waals surface area contributed by atoms with Gasteiger partial charge in [0.15, 0.2) is 29.1 Å². The Morgan fingerprint density at radius 2 is 2.17 bits per heavy atom. The minimum atomic E-state index is -4.10. The predicted octanol–water partition coefficient (Wildman–Crippen LogP) is 4.09. The van der Waals surface area contributed by atoms with Crippen LogP contribution >= 0.6 is 19.4 Å². The first-order chi connectivity index (χ1) is 19.1. The molecule has 3 aliphatic rings. The van der Waals surface area contributed by atoms with Gasteiger partial charge in [-0.2, -0.15) is 9.97 Å². The summed E-state index contributed by atoms with van der Waals surface area (Å²) in [6.45, 7) is 3.43. The highest BCUT2D eigenvalue weighted by molar-refractivity contribution is 7.48. The third-order valence-electron chi connectivity index (χ3n) is 6.76. The molecule has 17 heteroatoms. The molecular weight excluding hydrogens is 576 g/mol. The number of carbonyl (C=O) groups excluding carboxylic acids is 1. The Morgan fingerprint density at radius 3 is 2.95 bits per heavy atom. The summed E-state index contributed by atoms with van der Waals surface area (Å²) in [6, 6.07) is 4.07. The second kappa shape index (κ2) is 10.1. The molecule has 0 bridgehead atoms. The van der Waals surface area contributed by atoms with Gasteiger partial charge in [-0.3, -0.25) is 18.1 Å². The lowest BCUT2D eigenvalue weighted by Crippen LogP contribution is -2.42. The van der Waals surface area contributed by atoms with Crippen LogP contribution in [0.1, 0.15) is 38.2 Å². The number of benzene rings is 1. The number of nitrogens with two attached hydrogens (primary N) is 1. The molecule has 3 aliphatic heterocycles.